The molecule has 9 nitrogen and oxygen atoms in total. The molecule has 3 aromatic heterocycles. The highest BCUT2D eigenvalue weighted by molar-refractivity contribution is 6.00. The number of morpholine rings is 1. The molecule has 1 aliphatic rings. The van der Waals surface area contributed by atoms with Crippen LogP contribution in [0.4, 0.5) is 24.7 Å². The van der Waals surface area contributed by atoms with Gasteiger partial charge in [-0.1, -0.05) is 12.1 Å². The lowest BCUT2D eigenvalue weighted by Gasteiger charge is -2.41. The van der Waals surface area contributed by atoms with Crippen molar-refractivity contribution in [3.05, 3.63) is 48.9 Å². The Bertz CT molecular complexity index is 1460. The van der Waals surface area contributed by atoms with Crippen LogP contribution in [0.5, 0.6) is 0 Å². The Balaban J connectivity index is 1.65. The van der Waals surface area contributed by atoms with Gasteiger partial charge < -0.3 is 15.4 Å². The van der Waals surface area contributed by atoms with Gasteiger partial charge in [-0.05, 0) is 45.0 Å². The summed E-state index contributed by atoms with van der Waals surface area (Å²) in [7, 11) is 0. The monoisotopic (exact) mass is 499 g/mol. The van der Waals surface area contributed by atoms with E-state index in [9.17, 15) is 18.0 Å². The SMILES string of the molecule is CC1COC(C)(C)C(=O)N1c1cccc(-c2cc(-c3ccnn3CC(F)(F)F)c3c(N)ncnn23)c1. The smallest absolute Gasteiger partial charge is 0.382 e. The van der Waals surface area contributed by atoms with Crippen LogP contribution in [-0.2, 0) is 16.1 Å². The minimum Gasteiger partial charge on any atom is -0.382 e. The molecule has 1 saturated heterocycles. The molecule has 1 unspecified atom stereocenters. The number of nitrogens with two attached hydrogens (primary N) is 1. The lowest BCUT2D eigenvalue weighted by molar-refractivity contribution is -0.147. The first-order valence-electron chi connectivity index (χ1n) is 11.3. The third kappa shape index (κ3) is 4.06. The molecule has 1 aliphatic heterocycles. The van der Waals surface area contributed by atoms with Gasteiger partial charge in [0.1, 0.15) is 24.0 Å². The molecule has 12 heteroatoms. The zero-order chi connectivity index (χ0) is 25.8. The zero-order valence-electron chi connectivity index (χ0n) is 19.8. The van der Waals surface area contributed by atoms with E-state index in [4.69, 9.17) is 10.5 Å². The Kier molecular flexibility index (Phi) is 5.51. The fourth-order valence-corrected chi connectivity index (χ4v) is 4.47. The van der Waals surface area contributed by atoms with Gasteiger partial charge in [0, 0.05) is 23.0 Å². The predicted molar refractivity (Wildman–Crippen MR) is 127 cm³/mol. The largest absolute Gasteiger partial charge is 0.408 e. The number of rotatable bonds is 4. The molecule has 1 amide bonds. The molecule has 2 N–H and O–H groups in total. The van der Waals surface area contributed by atoms with Gasteiger partial charge in [-0.25, -0.2) is 9.50 Å². The molecule has 5 rings (SSSR count). The van der Waals surface area contributed by atoms with Crippen molar-refractivity contribution >= 4 is 22.9 Å². The number of hydrogen-bond acceptors (Lipinski definition) is 6. The van der Waals surface area contributed by atoms with Crippen LogP contribution in [0.25, 0.3) is 28.0 Å². The fraction of sp³-hybridized carbons (Fsp3) is 0.333. The van der Waals surface area contributed by atoms with E-state index < -0.39 is 18.3 Å². The number of hydrogen-bond donors (Lipinski definition) is 1. The molecule has 1 aromatic carbocycles. The Labute approximate surface area is 204 Å². The number of halogens is 3. The minimum atomic E-state index is -4.45. The van der Waals surface area contributed by atoms with Crippen LogP contribution in [0, 0.1) is 0 Å². The molecule has 1 fully saturated rings. The number of benzene rings is 1. The summed E-state index contributed by atoms with van der Waals surface area (Å²) in [5, 5.41) is 8.17. The van der Waals surface area contributed by atoms with Gasteiger partial charge in [-0.2, -0.15) is 23.4 Å². The van der Waals surface area contributed by atoms with Gasteiger partial charge in [0.2, 0.25) is 0 Å². The summed E-state index contributed by atoms with van der Waals surface area (Å²) in [6.45, 7) is 4.50. The zero-order valence-corrected chi connectivity index (χ0v) is 19.8. The van der Waals surface area contributed by atoms with Crippen molar-refractivity contribution in [2.75, 3.05) is 17.2 Å². The number of ether oxygens (including phenoxy) is 1. The van der Waals surface area contributed by atoms with Crippen molar-refractivity contribution in [1.29, 1.82) is 0 Å². The molecule has 0 radical (unpaired) electrons. The van der Waals surface area contributed by atoms with Crippen LogP contribution in [0.1, 0.15) is 20.8 Å². The van der Waals surface area contributed by atoms with E-state index in [-0.39, 0.29) is 23.5 Å². The fourth-order valence-electron chi connectivity index (χ4n) is 4.47. The summed E-state index contributed by atoms with van der Waals surface area (Å²) < 4.78 is 47.6. The maximum Gasteiger partial charge on any atom is 0.408 e. The highest BCUT2D eigenvalue weighted by atomic mass is 19.4. The first-order valence-corrected chi connectivity index (χ1v) is 11.3. The summed E-state index contributed by atoms with van der Waals surface area (Å²) >= 11 is 0. The Morgan fingerprint density at radius 3 is 2.69 bits per heavy atom. The maximum atomic E-state index is 13.2. The molecule has 0 aliphatic carbocycles. The number of nitrogen functional groups attached to an aromatic ring is 1. The van der Waals surface area contributed by atoms with Gasteiger partial charge in [0.05, 0.1) is 24.0 Å². The van der Waals surface area contributed by atoms with Crippen LogP contribution in [-0.4, -0.2) is 54.7 Å². The molecule has 0 saturated carbocycles. The van der Waals surface area contributed by atoms with Gasteiger partial charge in [0.25, 0.3) is 5.91 Å². The second-order valence-corrected chi connectivity index (χ2v) is 9.23. The molecular formula is C24H24F3N7O2. The van der Waals surface area contributed by atoms with E-state index in [1.54, 1.807) is 24.8 Å². The van der Waals surface area contributed by atoms with Gasteiger partial charge in [-0.15, -0.1) is 0 Å². The van der Waals surface area contributed by atoms with Crippen molar-refractivity contribution in [2.45, 2.75) is 45.1 Å². The summed E-state index contributed by atoms with van der Waals surface area (Å²) in [4.78, 5) is 18.9. The third-order valence-corrected chi connectivity index (χ3v) is 6.18. The standard InChI is InChI=1S/C24H24F3N7O2/c1-14-11-36-23(2,3)22(35)33(14)16-6-4-5-15(9-16)19-10-17(20-21(28)29-13-31-34(19)20)18-7-8-30-32(18)12-24(25,26)27/h4-10,13-14H,11-12H2,1-3H3,(H2,28,29,31). The summed E-state index contributed by atoms with van der Waals surface area (Å²) in [5.74, 6) is -0.0531. The number of carbonyl (C=O) groups is 1. The average Bonchev–Trinajstić information content (AvgIpc) is 3.41. The molecule has 0 spiro atoms. The number of anilines is 2. The second kappa shape index (κ2) is 8.33. The molecule has 4 aromatic rings. The Hall–Kier alpha value is -3.93. The number of fused-ring (bicyclic) bond motifs is 1. The van der Waals surface area contributed by atoms with E-state index in [0.29, 0.717) is 34.6 Å². The lowest BCUT2D eigenvalue weighted by Crippen LogP contribution is -2.57. The highest BCUT2D eigenvalue weighted by Crippen LogP contribution is 2.37. The van der Waals surface area contributed by atoms with Crippen molar-refractivity contribution in [3.8, 4) is 22.5 Å². The number of aromatic nitrogens is 5. The maximum absolute atomic E-state index is 13.2. The van der Waals surface area contributed by atoms with Crippen LogP contribution >= 0.6 is 0 Å². The molecule has 188 valence electrons. The first-order chi connectivity index (χ1) is 17.0. The van der Waals surface area contributed by atoms with Crippen molar-refractivity contribution in [3.63, 3.8) is 0 Å². The second-order valence-electron chi connectivity index (χ2n) is 9.23. The number of nitrogens with zero attached hydrogens (tertiary/aromatic N) is 6. The van der Waals surface area contributed by atoms with Crippen LogP contribution in [0.3, 0.4) is 0 Å². The third-order valence-electron chi connectivity index (χ3n) is 6.18. The minimum absolute atomic E-state index is 0.112. The molecule has 4 heterocycles. The molecule has 36 heavy (non-hydrogen) atoms. The van der Waals surface area contributed by atoms with Crippen LogP contribution < -0.4 is 10.6 Å². The molecule has 0 bridgehead atoms. The Morgan fingerprint density at radius 1 is 1.17 bits per heavy atom. The lowest BCUT2D eigenvalue weighted by atomic mass is 10.0. The van der Waals surface area contributed by atoms with Crippen molar-refractivity contribution < 1.29 is 22.7 Å². The van der Waals surface area contributed by atoms with E-state index in [0.717, 1.165) is 4.68 Å². The highest BCUT2D eigenvalue weighted by Gasteiger charge is 2.41. The number of alkyl halides is 3. The summed E-state index contributed by atoms with van der Waals surface area (Å²) in [6, 6.07) is 10.3. The molecule has 1 atom stereocenters. The van der Waals surface area contributed by atoms with Gasteiger partial charge in [0.15, 0.2) is 5.82 Å². The quantitative estimate of drug-likeness (QED) is 0.456. The van der Waals surface area contributed by atoms with E-state index in [1.165, 1.54) is 23.1 Å². The van der Waals surface area contributed by atoms with Crippen LogP contribution in [0.15, 0.2) is 48.9 Å². The predicted octanol–water partition coefficient (Wildman–Crippen LogP) is 3.93. The summed E-state index contributed by atoms with van der Waals surface area (Å²) in [5.41, 5.74) is 8.12. The molecular weight excluding hydrogens is 475 g/mol. The summed E-state index contributed by atoms with van der Waals surface area (Å²) in [6.07, 6.45) is -1.87. The van der Waals surface area contributed by atoms with Crippen molar-refractivity contribution in [1.82, 2.24) is 24.4 Å². The average molecular weight is 499 g/mol. The number of carbonyl (C=O) groups excluding carboxylic acids is 1. The topological polar surface area (TPSA) is 104 Å². The van der Waals surface area contributed by atoms with E-state index in [1.807, 2.05) is 31.2 Å². The van der Waals surface area contributed by atoms with Crippen LogP contribution in [0.2, 0.25) is 0 Å². The van der Waals surface area contributed by atoms with E-state index >= 15 is 0 Å². The first kappa shape index (κ1) is 23.8. The number of amides is 1. The van der Waals surface area contributed by atoms with Gasteiger partial charge in [-0.3, -0.25) is 9.48 Å². The normalized spacial score (nSPS) is 18.2. The Morgan fingerprint density at radius 2 is 1.94 bits per heavy atom. The van der Waals surface area contributed by atoms with Crippen molar-refractivity contribution in [2.24, 2.45) is 0 Å². The van der Waals surface area contributed by atoms with Gasteiger partial charge >= 0.3 is 6.18 Å². The van der Waals surface area contributed by atoms with E-state index in [2.05, 4.69) is 15.2 Å².